The van der Waals surface area contributed by atoms with Crippen LogP contribution in [0.4, 0.5) is 0 Å². The number of benzene rings is 1. The lowest BCUT2D eigenvalue weighted by Gasteiger charge is -2.16. The van der Waals surface area contributed by atoms with Crippen LogP contribution in [-0.2, 0) is 0 Å². The SMILES string of the molecule is C=C(C)C[C@H](N)c1cc(C#N)cc(OC)c1O.Cl. The quantitative estimate of drug-likeness (QED) is 0.823. The van der Waals surface area contributed by atoms with Gasteiger partial charge in [0.05, 0.1) is 18.7 Å². The summed E-state index contributed by atoms with van der Waals surface area (Å²) in [6.45, 7) is 5.64. The average Bonchev–Trinajstić information content (AvgIpc) is 2.28. The third-order valence-electron chi connectivity index (χ3n) is 2.42. The normalized spacial score (nSPS) is 11.0. The van der Waals surface area contributed by atoms with Crippen LogP contribution < -0.4 is 10.5 Å². The fourth-order valence-electron chi connectivity index (χ4n) is 1.62. The fraction of sp³-hybridized carbons (Fsp3) is 0.308. The highest BCUT2D eigenvalue weighted by Crippen LogP contribution is 2.35. The Morgan fingerprint density at radius 2 is 2.22 bits per heavy atom. The number of aromatic hydroxyl groups is 1. The second-order valence-corrected chi connectivity index (χ2v) is 4.00. The molecule has 0 saturated carbocycles. The molecule has 0 saturated heterocycles. The molecule has 1 atom stereocenters. The number of rotatable bonds is 4. The van der Waals surface area contributed by atoms with Crippen molar-refractivity contribution in [2.45, 2.75) is 19.4 Å². The van der Waals surface area contributed by atoms with Crippen LogP contribution in [0.15, 0.2) is 24.3 Å². The number of nitriles is 1. The van der Waals surface area contributed by atoms with Gasteiger partial charge in [-0.05, 0) is 19.4 Å². The molecule has 0 heterocycles. The molecule has 0 aliphatic carbocycles. The highest BCUT2D eigenvalue weighted by Gasteiger charge is 2.16. The van der Waals surface area contributed by atoms with Crippen molar-refractivity contribution >= 4 is 12.4 Å². The molecule has 1 aromatic carbocycles. The van der Waals surface area contributed by atoms with Crippen LogP contribution in [0.2, 0.25) is 0 Å². The number of halogens is 1. The van der Waals surface area contributed by atoms with Gasteiger partial charge in [-0.15, -0.1) is 19.0 Å². The second kappa shape index (κ2) is 6.90. The first-order chi connectivity index (χ1) is 7.99. The Hall–Kier alpha value is -1.70. The monoisotopic (exact) mass is 268 g/mol. The number of hydrogen-bond acceptors (Lipinski definition) is 4. The number of hydrogen-bond donors (Lipinski definition) is 2. The summed E-state index contributed by atoms with van der Waals surface area (Å²) < 4.78 is 5.00. The summed E-state index contributed by atoms with van der Waals surface area (Å²) in [4.78, 5) is 0. The molecule has 0 bridgehead atoms. The van der Waals surface area contributed by atoms with Crippen molar-refractivity contribution in [1.29, 1.82) is 5.26 Å². The summed E-state index contributed by atoms with van der Waals surface area (Å²) in [5.41, 5.74) is 7.79. The lowest BCUT2D eigenvalue weighted by atomic mass is 9.98. The van der Waals surface area contributed by atoms with E-state index in [-0.39, 0.29) is 23.9 Å². The minimum absolute atomic E-state index is 0. The van der Waals surface area contributed by atoms with Crippen LogP contribution in [0.1, 0.15) is 30.5 Å². The van der Waals surface area contributed by atoms with Crippen molar-refractivity contribution in [3.05, 3.63) is 35.4 Å². The Kier molecular flexibility index (Phi) is 6.24. The van der Waals surface area contributed by atoms with E-state index in [9.17, 15) is 5.11 Å². The third-order valence-corrected chi connectivity index (χ3v) is 2.42. The molecule has 0 fully saturated rings. The Balaban J connectivity index is 0.00000289. The second-order valence-electron chi connectivity index (χ2n) is 4.00. The number of ether oxygens (including phenoxy) is 1. The lowest BCUT2D eigenvalue weighted by Crippen LogP contribution is -2.11. The van der Waals surface area contributed by atoms with Crippen LogP contribution in [0.3, 0.4) is 0 Å². The van der Waals surface area contributed by atoms with Gasteiger partial charge in [-0.2, -0.15) is 5.26 Å². The van der Waals surface area contributed by atoms with E-state index in [1.54, 1.807) is 6.07 Å². The fourth-order valence-corrected chi connectivity index (χ4v) is 1.62. The van der Waals surface area contributed by atoms with E-state index in [4.69, 9.17) is 15.7 Å². The maximum atomic E-state index is 9.95. The van der Waals surface area contributed by atoms with E-state index in [1.165, 1.54) is 13.2 Å². The van der Waals surface area contributed by atoms with Gasteiger partial charge in [-0.25, -0.2) is 0 Å². The van der Waals surface area contributed by atoms with Crippen molar-refractivity contribution in [1.82, 2.24) is 0 Å². The molecule has 0 unspecified atom stereocenters. The Morgan fingerprint density at radius 3 is 2.67 bits per heavy atom. The summed E-state index contributed by atoms with van der Waals surface area (Å²) >= 11 is 0. The van der Waals surface area contributed by atoms with Gasteiger partial charge in [0, 0.05) is 17.7 Å². The summed E-state index contributed by atoms with van der Waals surface area (Å²) in [7, 11) is 1.43. The van der Waals surface area contributed by atoms with E-state index in [0.29, 0.717) is 17.5 Å². The van der Waals surface area contributed by atoms with Gasteiger partial charge in [-0.1, -0.05) is 5.57 Å². The van der Waals surface area contributed by atoms with E-state index in [2.05, 4.69) is 6.58 Å². The summed E-state index contributed by atoms with van der Waals surface area (Å²) in [6, 6.07) is 4.67. The number of nitrogens with zero attached hydrogens (tertiary/aromatic N) is 1. The van der Waals surface area contributed by atoms with Crippen molar-refractivity contribution in [3.63, 3.8) is 0 Å². The van der Waals surface area contributed by atoms with Crippen molar-refractivity contribution in [2.75, 3.05) is 7.11 Å². The topological polar surface area (TPSA) is 79.3 Å². The van der Waals surface area contributed by atoms with Crippen LogP contribution in [0.5, 0.6) is 11.5 Å². The standard InChI is InChI=1S/C13H16N2O2.ClH/c1-8(2)4-11(15)10-5-9(7-14)6-12(17-3)13(10)16;/h5-6,11,16H,1,4,15H2,2-3H3;1H/t11-;/m0./s1. The maximum Gasteiger partial charge on any atom is 0.162 e. The molecule has 98 valence electrons. The molecular weight excluding hydrogens is 252 g/mol. The Morgan fingerprint density at radius 1 is 1.61 bits per heavy atom. The van der Waals surface area contributed by atoms with Crippen molar-refractivity contribution in [2.24, 2.45) is 5.73 Å². The molecule has 0 amide bonds. The van der Waals surface area contributed by atoms with Gasteiger partial charge in [0.1, 0.15) is 0 Å². The van der Waals surface area contributed by atoms with E-state index in [0.717, 1.165) is 5.57 Å². The van der Waals surface area contributed by atoms with Gasteiger partial charge in [0.15, 0.2) is 11.5 Å². The first-order valence-corrected chi connectivity index (χ1v) is 5.20. The largest absolute Gasteiger partial charge is 0.504 e. The third kappa shape index (κ3) is 3.66. The van der Waals surface area contributed by atoms with Crippen LogP contribution in [0, 0.1) is 11.3 Å². The number of phenols is 1. The van der Waals surface area contributed by atoms with E-state index < -0.39 is 6.04 Å². The Bertz CT molecular complexity index is 481. The summed E-state index contributed by atoms with van der Waals surface area (Å²) in [6.07, 6.45) is 0.547. The first-order valence-electron chi connectivity index (χ1n) is 5.20. The van der Waals surface area contributed by atoms with Crippen LogP contribution in [-0.4, -0.2) is 12.2 Å². The molecule has 3 N–H and O–H groups in total. The molecule has 5 heteroatoms. The van der Waals surface area contributed by atoms with Gasteiger partial charge < -0.3 is 15.6 Å². The molecule has 1 rings (SSSR count). The molecular formula is C13H17ClN2O2. The maximum absolute atomic E-state index is 9.95. The number of nitrogens with two attached hydrogens (primary N) is 1. The molecule has 0 spiro atoms. The molecule has 0 radical (unpaired) electrons. The zero-order chi connectivity index (χ0) is 13.0. The average molecular weight is 269 g/mol. The van der Waals surface area contributed by atoms with E-state index >= 15 is 0 Å². The molecule has 1 aromatic rings. The predicted octanol–water partition coefficient (Wildman–Crippen LogP) is 2.66. The minimum Gasteiger partial charge on any atom is -0.504 e. The molecule has 0 aliphatic heterocycles. The highest BCUT2D eigenvalue weighted by molar-refractivity contribution is 5.85. The molecule has 0 aliphatic rings. The Labute approximate surface area is 113 Å². The smallest absolute Gasteiger partial charge is 0.162 e. The van der Waals surface area contributed by atoms with Crippen LogP contribution in [0.25, 0.3) is 0 Å². The molecule has 4 nitrogen and oxygen atoms in total. The van der Waals surface area contributed by atoms with E-state index in [1.807, 2.05) is 13.0 Å². The highest BCUT2D eigenvalue weighted by atomic mass is 35.5. The van der Waals surface area contributed by atoms with Gasteiger partial charge in [0.25, 0.3) is 0 Å². The van der Waals surface area contributed by atoms with Crippen LogP contribution >= 0.6 is 12.4 Å². The summed E-state index contributed by atoms with van der Waals surface area (Å²) in [5.74, 6) is 0.247. The number of phenolic OH excluding ortho intramolecular Hbond substituents is 1. The van der Waals surface area contributed by atoms with Gasteiger partial charge >= 0.3 is 0 Å². The van der Waals surface area contributed by atoms with Crippen molar-refractivity contribution in [3.8, 4) is 17.6 Å². The minimum atomic E-state index is -0.394. The predicted molar refractivity (Wildman–Crippen MR) is 73.0 cm³/mol. The molecule has 0 aromatic heterocycles. The van der Waals surface area contributed by atoms with Gasteiger partial charge in [0.2, 0.25) is 0 Å². The first kappa shape index (κ1) is 16.3. The summed E-state index contributed by atoms with van der Waals surface area (Å²) in [5, 5.41) is 18.8. The lowest BCUT2D eigenvalue weighted by molar-refractivity contribution is 0.368. The molecule has 18 heavy (non-hydrogen) atoms. The number of methoxy groups -OCH3 is 1. The van der Waals surface area contributed by atoms with Crippen molar-refractivity contribution < 1.29 is 9.84 Å². The van der Waals surface area contributed by atoms with Gasteiger partial charge in [-0.3, -0.25) is 0 Å². The zero-order valence-corrected chi connectivity index (χ0v) is 11.3. The zero-order valence-electron chi connectivity index (χ0n) is 10.4.